The van der Waals surface area contributed by atoms with E-state index in [0.717, 1.165) is 5.39 Å². The first kappa shape index (κ1) is 25.9. The molecule has 0 radical (unpaired) electrons. The first-order valence-corrected chi connectivity index (χ1v) is 10.3. The second kappa shape index (κ2) is 10.3. The molecule has 35 heavy (non-hydrogen) atoms. The van der Waals surface area contributed by atoms with E-state index in [0.29, 0.717) is 36.3 Å². The van der Waals surface area contributed by atoms with Crippen LogP contribution in [0.15, 0.2) is 47.8 Å². The summed E-state index contributed by atoms with van der Waals surface area (Å²) in [5.41, 5.74) is 6.34. The van der Waals surface area contributed by atoms with Crippen LogP contribution in [0.1, 0.15) is 28.9 Å². The molecular formula is C22H22F5N7O. The summed E-state index contributed by atoms with van der Waals surface area (Å²) in [7, 11) is 1.87. The minimum Gasteiger partial charge on any atom is -0.380 e. The number of nitrogens with one attached hydrogen (secondary N) is 1. The highest BCUT2D eigenvalue weighted by atomic mass is 19.4. The van der Waals surface area contributed by atoms with E-state index < -0.39 is 23.8 Å². The highest BCUT2D eigenvalue weighted by molar-refractivity contribution is 6.04. The number of hydrogen-bond acceptors (Lipinski definition) is 5. The lowest BCUT2D eigenvalue weighted by atomic mass is 10.1. The predicted octanol–water partition coefficient (Wildman–Crippen LogP) is 3.83. The highest BCUT2D eigenvalue weighted by Gasteiger charge is 2.34. The number of aromatic nitrogens is 3. The molecule has 3 aromatic heterocycles. The molecule has 0 spiro atoms. The second-order valence-corrected chi connectivity index (χ2v) is 7.89. The van der Waals surface area contributed by atoms with Gasteiger partial charge in [-0.3, -0.25) is 19.8 Å². The van der Waals surface area contributed by atoms with Gasteiger partial charge in [-0.05, 0) is 31.3 Å². The fourth-order valence-electron chi connectivity index (χ4n) is 3.17. The number of hydrogen-bond donors (Lipinski definition) is 2. The summed E-state index contributed by atoms with van der Waals surface area (Å²) >= 11 is 0. The molecule has 0 aromatic carbocycles. The fraction of sp³-hybridized carbons (Fsp3) is 0.318. The van der Waals surface area contributed by atoms with Gasteiger partial charge in [0.05, 0.1) is 11.9 Å². The zero-order valence-corrected chi connectivity index (χ0v) is 18.6. The van der Waals surface area contributed by atoms with Crippen molar-refractivity contribution in [3.63, 3.8) is 0 Å². The number of rotatable bonds is 3. The first-order valence-electron chi connectivity index (χ1n) is 10.3. The van der Waals surface area contributed by atoms with Crippen LogP contribution in [-0.2, 0) is 0 Å². The maximum absolute atomic E-state index is 12.4. The SMILES string of the molecule is CN1CCC(F)(F)CC1.N=C(N=C(N)C(F)(F)F)c1ccc(-n2ccc3cc(C=O)cnc32)cn1. The van der Waals surface area contributed by atoms with E-state index in [1.165, 1.54) is 18.5 Å². The molecule has 13 heteroatoms. The average Bonchev–Trinajstić information content (AvgIpc) is 3.24. The van der Waals surface area contributed by atoms with Crippen LogP contribution in [-0.4, -0.2) is 69.6 Å². The standard InChI is InChI=1S/C16H11F3N6O.C6H11F2N/c17-16(18,19)15(21)24-13(20)12-2-1-11(7-22-12)25-4-3-10-5-9(8-26)6-23-14(10)25;1-9-4-2-6(7,8)3-5-9/h1-8H,(H3,20,21,24);2-5H2,1H3. The molecule has 1 fully saturated rings. The van der Waals surface area contributed by atoms with Gasteiger partial charge in [0.2, 0.25) is 5.84 Å². The lowest BCUT2D eigenvalue weighted by Gasteiger charge is -2.28. The lowest BCUT2D eigenvalue weighted by Crippen LogP contribution is -2.36. The summed E-state index contributed by atoms with van der Waals surface area (Å²) in [4.78, 5) is 23.9. The van der Waals surface area contributed by atoms with Crippen molar-refractivity contribution in [3.05, 3.63) is 54.1 Å². The number of fused-ring (bicyclic) bond motifs is 1. The van der Waals surface area contributed by atoms with Crippen molar-refractivity contribution < 1.29 is 26.7 Å². The fourth-order valence-corrected chi connectivity index (χ4v) is 3.17. The Balaban J connectivity index is 0.000000320. The summed E-state index contributed by atoms with van der Waals surface area (Å²) in [6, 6.07) is 6.36. The maximum Gasteiger partial charge on any atom is 0.449 e. The molecule has 186 valence electrons. The molecule has 3 aromatic rings. The van der Waals surface area contributed by atoms with E-state index in [4.69, 9.17) is 11.1 Å². The van der Waals surface area contributed by atoms with E-state index in [9.17, 15) is 26.7 Å². The Labute approximate surface area is 196 Å². The van der Waals surface area contributed by atoms with Crippen molar-refractivity contribution in [2.24, 2.45) is 10.7 Å². The summed E-state index contributed by atoms with van der Waals surface area (Å²) in [6.45, 7) is 1.07. The molecular weight excluding hydrogens is 473 g/mol. The smallest absolute Gasteiger partial charge is 0.380 e. The van der Waals surface area contributed by atoms with Crippen molar-refractivity contribution in [2.75, 3.05) is 20.1 Å². The number of aliphatic imine (C=N–C) groups is 1. The molecule has 0 bridgehead atoms. The molecule has 1 aliphatic rings. The van der Waals surface area contributed by atoms with Gasteiger partial charge in [-0.15, -0.1) is 0 Å². The molecule has 0 aliphatic carbocycles. The summed E-state index contributed by atoms with van der Waals surface area (Å²) in [6.07, 6.45) is 0.470. The number of nitrogens with two attached hydrogens (primary N) is 1. The summed E-state index contributed by atoms with van der Waals surface area (Å²) in [5, 5.41) is 8.32. The second-order valence-electron chi connectivity index (χ2n) is 7.89. The van der Waals surface area contributed by atoms with Crippen molar-refractivity contribution >= 4 is 29.0 Å². The molecule has 1 aliphatic heterocycles. The topological polar surface area (TPSA) is 113 Å². The Morgan fingerprint density at radius 2 is 1.86 bits per heavy atom. The third-order valence-corrected chi connectivity index (χ3v) is 5.19. The van der Waals surface area contributed by atoms with Gasteiger partial charge in [0, 0.05) is 49.3 Å². The van der Waals surface area contributed by atoms with Gasteiger partial charge in [0.1, 0.15) is 11.3 Å². The van der Waals surface area contributed by atoms with Gasteiger partial charge >= 0.3 is 6.18 Å². The molecule has 1 saturated heterocycles. The average molecular weight is 495 g/mol. The lowest BCUT2D eigenvalue weighted by molar-refractivity contribution is -0.0597. The number of aldehydes is 1. The molecule has 0 amide bonds. The third-order valence-electron chi connectivity index (χ3n) is 5.19. The Hall–Kier alpha value is -3.74. The van der Waals surface area contributed by atoms with Crippen LogP contribution in [0, 0.1) is 5.41 Å². The number of alkyl halides is 5. The number of carbonyl (C=O) groups is 1. The monoisotopic (exact) mass is 495 g/mol. The highest BCUT2D eigenvalue weighted by Crippen LogP contribution is 2.26. The van der Waals surface area contributed by atoms with Crippen LogP contribution in [0.3, 0.4) is 0 Å². The van der Waals surface area contributed by atoms with E-state index in [1.54, 1.807) is 29.0 Å². The van der Waals surface area contributed by atoms with Crippen molar-refractivity contribution in [1.82, 2.24) is 19.4 Å². The largest absolute Gasteiger partial charge is 0.449 e. The molecule has 0 atom stereocenters. The van der Waals surface area contributed by atoms with Crippen LogP contribution in [0.5, 0.6) is 0 Å². The van der Waals surface area contributed by atoms with Crippen LogP contribution in [0.25, 0.3) is 16.7 Å². The van der Waals surface area contributed by atoms with E-state index in [-0.39, 0.29) is 18.5 Å². The van der Waals surface area contributed by atoms with Crippen molar-refractivity contribution in [3.8, 4) is 5.69 Å². The molecule has 0 saturated carbocycles. The van der Waals surface area contributed by atoms with Crippen LogP contribution >= 0.6 is 0 Å². The maximum atomic E-state index is 12.4. The number of pyridine rings is 2. The van der Waals surface area contributed by atoms with Crippen molar-refractivity contribution in [1.29, 1.82) is 5.41 Å². The van der Waals surface area contributed by atoms with Gasteiger partial charge in [-0.1, -0.05) is 0 Å². The minimum atomic E-state index is -4.80. The minimum absolute atomic E-state index is 0.0312. The van der Waals surface area contributed by atoms with E-state index >= 15 is 0 Å². The zero-order valence-electron chi connectivity index (χ0n) is 18.6. The van der Waals surface area contributed by atoms with E-state index in [2.05, 4.69) is 15.0 Å². The number of piperidine rings is 1. The zero-order chi connectivity index (χ0) is 25.8. The Morgan fingerprint density at radius 1 is 1.17 bits per heavy atom. The molecule has 4 heterocycles. The van der Waals surface area contributed by atoms with Gasteiger partial charge in [0.15, 0.2) is 12.1 Å². The quantitative estimate of drug-likeness (QED) is 0.248. The molecule has 4 rings (SSSR count). The Kier molecular flexibility index (Phi) is 7.58. The number of halogens is 5. The summed E-state index contributed by atoms with van der Waals surface area (Å²) in [5.74, 6) is -4.69. The van der Waals surface area contributed by atoms with E-state index in [1.807, 2.05) is 11.9 Å². The van der Waals surface area contributed by atoms with Crippen LogP contribution in [0.4, 0.5) is 22.0 Å². The van der Waals surface area contributed by atoms with Gasteiger partial charge in [-0.25, -0.2) is 18.8 Å². The molecule has 0 unspecified atom stereocenters. The van der Waals surface area contributed by atoms with Crippen molar-refractivity contribution in [2.45, 2.75) is 24.9 Å². The molecule has 3 N–H and O–H groups in total. The molecule has 8 nitrogen and oxygen atoms in total. The third kappa shape index (κ3) is 6.66. The normalized spacial score (nSPS) is 16.5. The van der Waals surface area contributed by atoms with Gasteiger partial charge in [-0.2, -0.15) is 13.2 Å². The van der Waals surface area contributed by atoms with Crippen LogP contribution < -0.4 is 5.73 Å². The Morgan fingerprint density at radius 3 is 2.40 bits per heavy atom. The predicted molar refractivity (Wildman–Crippen MR) is 120 cm³/mol. The first-order chi connectivity index (χ1) is 16.4. The Bertz CT molecular complexity index is 1230. The summed E-state index contributed by atoms with van der Waals surface area (Å²) < 4.78 is 63.5. The number of amidine groups is 2. The number of carbonyl (C=O) groups excluding carboxylic acids is 1. The van der Waals surface area contributed by atoms with Crippen LogP contribution in [0.2, 0.25) is 0 Å². The van der Waals surface area contributed by atoms with Gasteiger partial charge < -0.3 is 10.6 Å². The van der Waals surface area contributed by atoms with Gasteiger partial charge in [0.25, 0.3) is 5.92 Å². The number of likely N-dealkylation sites (tertiary alicyclic amines) is 1. The number of nitrogens with zero attached hydrogens (tertiary/aromatic N) is 5.